The van der Waals surface area contributed by atoms with Crippen LogP contribution in [0.2, 0.25) is 0 Å². The molecule has 0 aliphatic carbocycles. The van der Waals surface area contributed by atoms with Crippen molar-refractivity contribution < 1.29 is 8.42 Å². The third kappa shape index (κ3) is 2.37. The lowest BCUT2D eigenvalue weighted by Crippen LogP contribution is -2.52. The number of sulfonamides is 1. The van der Waals surface area contributed by atoms with Crippen molar-refractivity contribution >= 4 is 10.0 Å². The first kappa shape index (κ1) is 14.0. The van der Waals surface area contributed by atoms with Crippen molar-refractivity contribution in [3.63, 3.8) is 0 Å². The van der Waals surface area contributed by atoms with Crippen LogP contribution in [0.25, 0.3) is 0 Å². The van der Waals surface area contributed by atoms with Crippen LogP contribution in [0, 0.1) is 0 Å². The van der Waals surface area contributed by atoms with Crippen molar-refractivity contribution in [2.24, 2.45) is 0 Å². The van der Waals surface area contributed by atoms with Crippen LogP contribution in [0.4, 0.5) is 0 Å². The topological polar surface area (TPSA) is 52.7 Å². The molecular formula is C14H21N3O2S. The molecule has 0 spiro atoms. The van der Waals surface area contributed by atoms with E-state index in [1.165, 1.54) is 5.56 Å². The van der Waals surface area contributed by atoms with Crippen LogP contribution in [0.15, 0.2) is 23.1 Å². The molecule has 0 amide bonds. The van der Waals surface area contributed by atoms with E-state index in [-0.39, 0.29) is 6.04 Å². The van der Waals surface area contributed by atoms with Crippen LogP contribution in [-0.2, 0) is 23.1 Å². The Labute approximate surface area is 120 Å². The molecule has 20 heavy (non-hydrogen) atoms. The van der Waals surface area contributed by atoms with E-state index >= 15 is 0 Å². The summed E-state index contributed by atoms with van der Waals surface area (Å²) in [6.07, 6.45) is 0. The molecule has 1 unspecified atom stereocenters. The van der Waals surface area contributed by atoms with Crippen molar-refractivity contribution in [1.29, 1.82) is 0 Å². The van der Waals surface area contributed by atoms with Gasteiger partial charge in [-0.2, -0.15) is 4.31 Å². The van der Waals surface area contributed by atoms with E-state index in [2.05, 4.69) is 10.2 Å². The predicted octanol–water partition coefficient (Wildman–Crippen LogP) is 0.614. The van der Waals surface area contributed by atoms with Crippen LogP contribution in [0.3, 0.4) is 0 Å². The zero-order chi connectivity index (χ0) is 14.3. The summed E-state index contributed by atoms with van der Waals surface area (Å²) in [7, 11) is -1.35. The van der Waals surface area contributed by atoms with Crippen molar-refractivity contribution in [3.05, 3.63) is 29.3 Å². The molecule has 1 N–H and O–H groups in total. The normalized spacial score (nSPS) is 24.8. The number of fused-ring (bicyclic) bond motifs is 1. The van der Waals surface area contributed by atoms with Gasteiger partial charge in [-0.25, -0.2) is 8.42 Å². The average Bonchev–Trinajstić information content (AvgIpc) is 2.85. The summed E-state index contributed by atoms with van der Waals surface area (Å²) in [5, 5.41) is 3.25. The Balaban J connectivity index is 1.92. The fraction of sp³-hybridized carbons (Fsp3) is 0.571. The van der Waals surface area contributed by atoms with E-state index in [4.69, 9.17) is 0 Å². The maximum absolute atomic E-state index is 12.8. The van der Waals surface area contributed by atoms with Gasteiger partial charge in [0, 0.05) is 38.8 Å². The molecule has 1 fully saturated rings. The second kappa shape index (κ2) is 5.11. The molecule has 2 aliphatic heterocycles. The Hall–Kier alpha value is -0.950. The van der Waals surface area contributed by atoms with Crippen molar-refractivity contribution in [2.75, 3.05) is 26.7 Å². The van der Waals surface area contributed by atoms with E-state index in [9.17, 15) is 8.42 Å². The molecule has 2 aliphatic rings. The minimum absolute atomic E-state index is 0.0186. The van der Waals surface area contributed by atoms with Gasteiger partial charge in [0.25, 0.3) is 0 Å². The molecule has 1 atom stereocenters. The highest BCUT2D eigenvalue weighted by Gasteiger charge is 2.33. The summed E-state index contributed by atoms with van der Waals surface area (Å²) in [6.45, 7) is 5.71. The van der Waals surface area contributed by atoms with E-state index in [0.29, 0.717) is 11.4 Å². The van der Waals surface area contributed by atoms with Crippen LogP contribution in [0.1, 0.15) is 18.1 Å². The summed E-state index contributed by atoms with van der Waals surface area (Å²) in [5.74, 6) is 0. The van der Waals surface area contributed by atoms with Crippen LogP contribution in [0.5, 0.6) is 0 Å². The highest BCUT2D eigenvalue weighted by Crippen LogP contribution is 2.25. The molecule has 0 aromatic heterocycles. The van der Waals surface area contributed by atoms with Gasteiger partial charge in [-0.15, -0.1) is 0 Å². The van der Waals surface area contributed by atoms with Crippen molar-refractivity contribution in [1.82, 2.24) is 14.5 Å². The minimum atomic E-state index is -3.38. The highest BCUT2D eigenvalue weighted by molar-refractivity contribution is 7.89. The van der Waals surface area contributed by atoms with Gasteiger partial charge in [-0.05, 0) is 37.2 Å². The maximum Gasteiger partial charge on any atom is 0.243 e. The highest BCUT2D eigenvalue weighted by atomic mass is 32.2. The molecule has 0 bridgehead atoms. The fourth-order valence-electron chi connectivity index (χ4n) is 3.05. The van der Waals surface area contributed by atoms with Crippen molar-refractivity contribution in [3.8, 4) is 0 Å². The third-order valence-electron chi connectivity index (χ3n) is 4.18. The van der Waals surface area contributed by atoms with Crippen LogP contribution >= 0.6 is 0 Å². The second-order valence-corrected chi connectivity index (χ2v) is 7.65. The maximum atomic E-state index is 12.8. The summed E-state index contributed by atoms with van der Waals surface area (Å²) in [5.41, 5.74) is 2.31. The lowest BCUT2D eigenvalue weighted by Gasteiger charge is -2.37. The van der Waals surface area contributed by atoms with Crippen LogP contribution < -0.4 is 5.32 Å². The van der Waals surface area contributed by atoms with Crippen LogP contribution in [-0.4, -0.2) is 50.3 Å². The molecule has 5 nitrogen and oxygen atoms in total. The van der Waals surface area contributed by atoms with E-state index in [1.54, 1.807) is 10.4 Å². The first-order chi connectivity index (χ1) is 9.48. The number of hydrogen-bond acceptors (Lipinski definition) is 4. The molecule has 110 valence electrons. The molecule has 1 saturated heterocycles. The summed E-state index contributed by atoms with van der Waals surface area (Å²) >= 11 is 0. The number of benzene rings is 1. The third-order valence-corrected chi connectivity index (χ3v) is 6.19. The monoisotopic (exact) mass is 295 g/mol. The first-order valence-corrected chi connectivity index (χ1v) is 8.45. The second-order valence-electron chi connectivity index (χ2n) is 5.76. The molecule has 2 heterocycles. The van der Waals surface area contributed by atoms with Gasteiger partial charge in [0.05, 0.1) is 4.90 Å². The number of nitrogens with zero attached hydrogens (tertiary/aromatic N) is 2. The molecule has 1 aromatic carbocycles. The van der Waals surface area contributed by atoms with Gasteiger partial charge < -0.3 is 10.2 Å². The quantitative estimate of drug-likeness (QED) is 0.869. The summed E-state index contributed by atoms with van der Waals surface area (Å²) in [4.78, 5) is 2.60. The minimum Gasteiger partial charge on any atom is -0.309 e. The molecular weight excluding hydrogens is 274 g/mol. The Morgan fingerprint density at radius 3 is 2.70 bits per heavy atom. The summed E-state index contributed by atoms with van der Waals surface area (Å²) < 4.78 is 27.2. The molecule has 0 saturated carbocycles. The average molecular weight is 295 g/mol. The molecule has 3 rings (SSSR count). The molecule has 6 heteroatoms. The Morgan fingerprint density at radius 2 is 1.95 bits per heavy atom. The molecule has 1 aromatic rings. The van der Waals surface area contributed by atoms with E-state index < -0.39 is 10.0 Å². The fourth-order valence-corrected chi connectivity index (χ4v) is 4.71. The number of hydrogen-bond donors (Lipinski definition) is 1. The molecule has 0 radical (unpaired) electrons. The lowest BCUT2D eigenvalue weighted by atomic mass is 10.1. The van der Waals surface area contributed by atoms with Gasteiger partial charge in [0.1, 0.15) is 0 Å². The Bertz CT molecular complexity index is 615. The largest absolute Gasteiger partial charge is 0.309 e. The number of likely N-dealkylation sites (N-methyl/N-ethyl adjacent to an activating group) is 1. The Kier molecular flexibility index (Phi) is 3.58. The van der Waals surface area contributed by atoms with Crippen molar-refractivity contribution in [2.45, 2.75) is 31.0 Å². The lowest BCUT2D eigenvalue weighted by molar-refractivity contribution is 0.170. The predicted molar refractivity (Wildman–Crippen MR) is 77.8 cm³/mol. The van der Waals surface area contributed by atoms with E-state index in [1.807, 2.05) is 26.1 Å². The first-order valence-electron chi connectivity index (χ1n) is 7.01. The van der Waals surface area contributed by atoms with Gasteiger partial charge >= 0.3 is 0 Å². The summed E-state index contributed by atoms with van der Waals surface area (Å²) in [6, 6.07) is 5.52. The van der Waals surface area contributed by atoms with Gasteiger partial charge in [0.15, 0.2) is 0 Å². The SMILES string of the molecule is CC1CN(C)CCN1S(=O)(=O)c1ccc2c(c1)CNC2. The number of piperazine rings is 1. The number of nitrogens with one attached hydrogen (secondary N) is 1. The number of rotatable bonds is 2. The zero-order valence-electron chi connectivity index (χ0n) is 12.0. The van der Waals surface area contributed by atoms with Gasteiger partial charge in [-0.1, -0.05) is 6.07 Å². The standard InChI is InChI=1S/C14H21N3O2S/c1-11-10-16(2)5-6-17(11)20(18,19)14-4-3-12-8-15-9-13(12)7-14/h3-4,7,11,15H,5-6,8-10H2,1-2H3. The van der Waals surface area contributed by atoms with Gasteiger partial charge in [-0.3, -0.25) is 0 Å². The zero-order valence-corrected chi connectivity index (χ0v) is 12.8. The van der Waals surface area contributed by atoms with E-state index in [0.717, 1.165) is 31.7 Å². The smallest absolute Gasteiger partial charge is 0.243 e. The Morgan fingerprint density at radius 1 is 1.20 bits per heavy atom. The van der Waals surface area contributed by atoms with Gasteiger partial charge in [0.2, 0.25) is 10.0 Å².